The molecule has 0 aliphatic carbocycles. The summed E-state index contributed by atoms with van der Waals surface area (Å²) in [5.74, 6) is 0. The zero-order chi connectivity index (χ0) is 14.5. The number of amides is 2. The number of carbonyl (C=O) groups excluding carboxylic acids is 1. The normalized spacial score (nSPS) is 18.8. The molecule has 2 N–H and O–H groups in total. The molecule has 1 aliphatic heterocycles. The monoisotopic (exact) mass is 277 g/mol. The standard InChI is InChI=1S/C15H23N3O2/c1-3-17(2)13-7-4-6-12(10-13)16-15(20)18-9-5-8-14(19)11-18/h4,6-7,10,14,19H,3,5,8-9,11H2,1-2H3,(H,16,20)/t14-/m1/s1. The third-order valence-corrected chi connectivity index (χ3v) is 3.70. The first-order valence-corrected chi connectivity index (χ1v) is 7.15. The number of β-amino-alcohol motifs (C(OH)–C–C–N with tert-alkyl or cyclic N) is 1. The molecular formula is C15H23N3O2. The van der Waals surface area contributed by atoms with Gasteiger partial charge in [-0.15, -0.1) is 0 Å². The highest BCUT2D eigenvalue weighted by Gasteiger charge is 2.21. The minimum absolute atomic E-state index is 0.139. The second kappa shape index (κ2) is 6.61. The molecule has 20 heavy (non-hydrogen) atoms. The van der Waals surface area contributed by atoms with Crippen molar-refractivity contribution in [3.05, 3.63) is 24.3 Å². The maximum absolute atomic E-state index is 12.2. The molecule has 0 radical (unpaired) electrons. The first kappa shape index (κ1) is 14.7. The Bertz CT molecular complexity index is 464. The van der Waals surface area contributed by atoms with Gasteiger partial charge in [0, 0.05) is 38.1 Å². The summed E-state index contributed by atoms with van der Waals surface area (Å²) in [6, 6.07) is 7.65. The average Bonchev–Trinajstić information content (AvgIpc) is 2.46. The van der Waals surface area contributed by atoms with Crippen molar-refractivity contribution in [2.75, 3.05) is 36.9 Å². The Morgan fingerprint density at radius 1 is 1.55 bits per heavy atom. The van der Waals surface area contributed by atoms with Crippen LogP contribution >= 0.6 is 0 Å². The Hall–Kier alpha value is -1.75. The van der Waals surface area contributed by atoms with Crippen molar-refractivity contribution in [2.45, 2.75) is 25.9 Å². The van der Waals surface area contributed by atoms with Crippen molar-refractivity contribution in [1.29, 1.82) is 0 Å². The molecule has 1 aliphatic rings. The number of nitrogens with one attached hydrogen (secondary N) is 1. The van der Waals surface area contributed by atoms with E-state index in [0.29, 0.717) is 13.1 Å². The molecule has 0 spiro atoms. The number of carbonyl (C=O) groups is 1. The van der Waals surface area contributed by atoms with Crippen molar-refractivity contribution >= 4 is 17.4 Å². The van der Waals surface area contributed by atoms with Gasteiger partial charge in [0.05, 0.1) is 6.10 Å². The molecule has 1 aromatic carbocycles. The molecule has 2 amide bonds. The summed E-state index contributed by atoms with van der Waals surface area (Å²) in [5.41, 5.74) is 1.86. The number of rotatable bonds is 3. The maximum atomic E-state index is 12.2. The predicted octanol–water partition coefficient (Wildman–Crippen LogP) is 2.13. The molecule has 1 fully saturated rings. The molecular weight excluding hydrogens is 254 g/mol. The van der Waals surface area contributed by atoms with Crippen LogP contribution in [0.25, 0.3) is 0 Å². The van der Waals surface area contributed by atoms with Crippen LogP contribution in [0.4, 0.5) is 16.2 Å². The first-order chi connectivity index (χ1) is 9.60. The van der Waals surface area contributed by atoms with E-state index in [-0.39, 0.29) is 6.03 Å². The highest BCUT2D eigenvalue weighted by Crippen LogP contribution is 2.19. The van der Waals surface area contributed by atoms with Crippen LogP contribution in [0.15, 0.2) is 24.3 Å². The molecule has 1 atom stereocenters. The molecule has 1 heterocycles. The number of anilines is 2. The van der Waals surface area contributed by atoms with Crippen LogP contribution in [0.2, 0.25) is 0 Å². The molecule has 2 rings (SSSR count). The van der Waals surface area contributed by atoms with E-state index in [9.17, 15) is 9.90 Å². The van der Waals surface area contributed by atoms with Gasteiger partial charge in [-0.05, 0) is 38.0 Å². The fourth-order valence-electron chi connectivity index (χ4n) is 2.35. The molecule has 0 unspecified atom stereocenters. The molecule has 0 bridgehead atoms. The Morgan fingerprint density at radius 3 is 3.05 bits per heavy atom. The van der Waals surface area contributed by atoms with Crippen molar-refractivity contribution in [2.24, 2.45) is 0 Å². The Labute approximate surface area is 120 Å². The summed E-state index contributed by atoms with van der Waals surface area (Å²) in [5, 5.41) is 12.5. The van der Waals surface area contributed by atoms with E-state index in [0.717, 1.165) is 30.8 Å². The third-order valence-electron chi connectivity index (χ3n) is 3.70. The molecule has 5 heteroatoms. The number of piperidine rings is 1. The fraction of sp³-hybridized carbons (Fsp3) is 0.533. The number of hydrogen-bond acceptors (Lipinski definition) is 3. The smallest absolute Gasteiger partial charge is 0.321 e. The van der Waals surface area contributed by atoms with Gasteiger partial charge in [-0.3, -0.25) is 0 Å². The SMILES string of the molecule is CCN(C)c1cccc(NC(=O)N2CCC[C@@H](O)C2)c1. The molecule has 5 nitrogen and oxygen atoms in total. The van der Waals surface area contributed by atoms with E-state index in [2.05, 4.69) is 17.1 Å². The summed E-state index contributed by atoms with van der Waals surface area (Å²) in [7, 11) is 2.02. The quantitative estimate of drug-likeness (QED) is 0.890. The van der Waals surface area contributed by atoms with E-state index >= 15 is 0 Å². The zero-order valence-electron chi connectivity index (χ0n) is 12.2. The van der Waals surface area contributed by atoms with Gasteiger partial charge < -0.3 is 20.2 Å². The number of likely N-dealkylation sites (tertiary alicyclic amines) is 1. The van der Waals surface area contributed by atoms with Gasteiger partial charge in [0.2, 0.25) is 0 Å². The van der Waals surface area contributed by atoms with Crippen LogP contribution < -0.4 is 10.2 Å². The molecule has 0 aromatic heterocycles. The predicted molar refractivity (Wildman–Crippen MR) is 81.2 cm³/mol. The summed E-state index contributed by atoms with van der Waals surface area (Å²) in [4.78, 5) is 15.9. The summed E-state index contributed by atoms with van der Waals surface area (Å²) in [6.07, 6.45) is 1.24. The number of urea groups is 1. The minimum Gasteiger partial charge on any atom is -0.391 e. The molecule has 110 valence electrons. The van der Waals surface area contributed by atoms with Crippen molar-refractivity contribution < 1.29 is 9.90 Å². The lowest BCUT2D eigenvalue weighted by atomic mass is 10.1. The number of benzene rings is 1. The molecule has 1 saturated heterocycles. The second-order valence-corrected chi connectivity index (χ2v) is 5.24. The van der Waals surface area contributed by atoms with E-state index in [1.54, 1.807) is 4.90 Å². The van der Waals surface area contributed by atoms with Gasteiger partial charge in [-0.25, -0.2) is 4.79 Å². The van der Waals surface area contributed by atoms with Gasteiger partial charge in [0.25, 0.3) is 0 Å². The highest BCUT2D eigenvalue weighted by molar-refractivity contribution is 5.90. The third kappa shape index (κ3) is 3.63. The highest BCUT2D eigenvalue weighted by atomic mass is 16.3. The van der Waals surface area contributed by atoms with Crippen molar-refractivity contribution in [1.82, 2.24) is 4.90 Å². The molecule has 1 aromatic rings. The average molecular weight is 277 g/mol. The van der Waals surface area contributed by atoms with E-state index in [1.165, 1.54) is 0 Å². The topological polar surface area (TPSA) is 55.8 Å². The van der Waals surface area contributed by atoms with E-state index < -0.39 is 6.10 Å². The number of aliphatic hydroxyl groups is 1. The lowest BCUT2D eigenvalue weighted by Gasteiger charge is -2.30. The zero-order valence-corrected chi connectivity index (χ0v) is 12.2. The van der Waals surface area contributed by atoms with Crippen LogP contribution in [-0.4, -0.2) is 48.8 Å². The van der Waals surface area contributed by atoms with Gasteiger partial charge in [-0.1, -0.05) is 6.07 Å². The van der Waals surface area contributed by atoms with Gasteiger partial charge in [0.1, 0.15) is 0 Å². The Morgan fingerprint density at radius 2 is 2.35 bits per heavy atom. The molecule has 0 saturated carbocycles. The summed E-state index contributed by atoms with van der Waals surface area (Å²) >= 11 is 0. The van der Waals surface area contributed by atoms with Crippen LogP contribution in [-0.2, 0) is 0 Å². The number of aliphatic hydroxyl groups excluding tert-OH is 1. The minimum atomic E-state index is -0.396. The largest absolute Gasteiger partial charge is 0.391 e. The van der Waals surface area contributed by atoms with Crippen molar-refractivity contribution in [3.8, 4) is 0 Å². The van der Waals surface area contributed by atoms with E-state index in [1.807, 2.05) is 31.3 Å². The van der Waals surface area contributed by atoms with E-state index in [4.69, 9.17) is 0 Å². The Balaban J connectivity index is 2.00. The van der Waals surface area contributed by atoms with Crippen LogP contribution in [0.1, 0.15) is 19.8 Å². The van der Waals surface area contributed by atoms with Crippen molar-refractivity contribution in [3.63, 3.8) is 0 Å². The lowest BCUT2D eigenvalue weighted by molar-refractivity contribution is 0.0883. The van der Waals surface area contributed by atoms with Crippen LogP contribution in [0, 0.1) is 0 Å². The number of nitrogens with zero attached hydrogens (tertiary/aromatic N) is 2. The lowest BCUT2D eigenvalue weighted by Crippen LogP contribution is -2.44. The summed E-state index contributed by atoms with van der Waals surface area (Å²) < 4.78 is 0. The fourth-order valence-corrected chi connectivity index (χ4v) is 2.35. The van der Waals surface area contributed by atoms with Gasteiger partial charge in [0.15, 0.2) is 0 Å². The second-order valence-electron chi connectivity index (χ2n) is 5.24. The Kier molecular flexibility index (Phi) is 4.84. The first-order valence-electron chi connectivity index (χ1n) is 7.15. The van der Waals surface area contributed by atoms with Crippen LogP contribution in [0.5, 0.6) is 0 Å². The van der Waals surface area contributed by atoms with Gasteiger partial charge in [-0.2, -0.15) is 0 Å². The maximum Gasteiger partial charge on any atom is 0.321 e. The van der Waals surface area contributed by atoms with Gasteiger partial charge >= 0.3 is 6.03 Å². The van der Waals surface area contributed by atoms with Crippen LogP contribution in [0.3, 0.4) is 0 Å². The summed E-state index contributed by atoms with van der Waals surface area (Å²) in [6.45, 7) is 4.12. The number of hydrogen-bond donors (Lipinski definition) is 2.